The van der Waals surface area contributed by atoms with Crippen LogP contribution in [0, 0.1) is 5.92 Å². The zero-order valence-corrected chi connectivity index (χ0v) is 12.2. The zero-order valence-electron chi connectivity index (χ0n) is 12.2. The maximum atomic E-state index is 6.03. The topological polar surface area (TPSA) is 18.5 Å². The van der Waals surface area contributed by atoms with Gasteiger partial charge in [-0.2, -0.15) is 0 Å². The van der Waals surface area contributed by atoms with Crippen molar-refractivity contribution in [2.45, 2.75) is 26.4 Å². The van der Waals surface area contributed by atoms with Crippen molar-refractivity contribution in [2.24, 2.45) is 5.92 Å². The van der Waals surface area contributed by atoms with Crippen LogP contribution >= 0.6 is 0 Å². The molecule has 1 atom stereocenters. The Hall–Kier alpha value is -1.96. The van der Waals surface area contributed by atoms with Gasteiger partial charge in [-0.15, -0.1) is 0 Å². The quantitative estimate of drug-likeness (QED) is 0.734. The molecule has 20 heavy (non-hydrogen) atoms. The average Bonchev–Trinajstić information content (AvgIpc) is 2.48. The molecule has 0 fully saturated rings. The van der Waals surface area contributed by atoms with Crippen LogP contribution < -0.4 is 9.47 Å². The fraction of sp³-hybridized carbons (Fsp3) is 0.333. The Labute approximate surface area is 121 Å². The van der Waals surface area contributed by atoms with Gasteiger partial charge >= 0.3 is 0 Å². The van der Waals surface area contributed by atoms with Crippen molar-refractivity contribution in [1.29, 1.82) is 0 Å². The molecule has 2 rings (SSSR count). The second kappa shape index (κ2) is 7.59. The lowest BCUT2D eigenvalue weighted by Crippen LogP contribution is -2.25. The molecule has 106 valence electrons. The third-order valence-electron chi connectivity index (χ3n) is 3.19. The van der Waals surface area contributed by atoms with Crippen LogP contribution in [0.25, 0.3) is 0 Å². The van der Waals surface area contributed by atoms with Crippen LogP contribution in [0.2, 0.25) is 0 Å². The summed E-state index contributed by atoms with van der Waals surface area (Å²) in [6.07, 6.45) is 1.04. The molecule has 1 unspecified atom stereocenters. The van der Waals surface area contributed by atoms with Gasteiger partial charge in [-0.3, -0.25) is 0 Å². The van der Waals surface area contributed by atoms with E-state index in [1.807, 2.05) is 60.7 Å². The van der Waals surface area contributed by atoms with E-state index in [9.17, 15) is 0 Å². The standard InChI is InChI=1S/C18H22O2/c1-15(2)18(20-17-11-7-4-8-12-17)13-14-19-16-9-5-3-6-10-16/h3-12,15,18H,13-14H2,1-2H3. The second-order valence-corrected chi connectivity index (χ2v) is 5.16. The van der Waals surface area contributed by atoms with E-state index >= 15 is 0 Å². The number of hydrogen-bond acceptors (Lipinski definition) is 2. The number of hydrogen-bond donors (Lipinski definition) is 0. The molecule has 0 heterocycles. The Morgan fingerprint density at radius 3 is 1.90 bits per heavy atom. The van der Waals surface area contributed by atoms with E-state index in [4.69, 9.17) is 9.47 Å². The highest BCUT2D eigenvalue weighted by molar-refractivity contribution is 5.22. The number of rotatable bonds is 7. The van der Waals surface area contributed by atoms with E-state index in [0.29, 0.717) is 12.5 Å². The molecule has 0 radical (unpaired) electrons. The van der Waals surface area contributed by atoms with Gasteiger partial charge in [-0.25, -0.2) is 0 Å². The molecule has 0 aliphatic rings. The minimum Gasteiger partial charge on any atom is -0.493 e. The fourth-order valence-electron chi connectivity index (χ4n) is 2.01. The monoisotopic (exact) mass is 270 g/mol. The Kier molecular flexibility index (Phi) is 5.48. The first-order valence-electron chi connectivity index (χ1n) is 7.15. The van der Waals surface area contributed by atoms with E-state index in [1.165, 1.54) is 0 Å². The third-order valence-corrected chi connectivity index (χ3v) is 3.19. The molecular formula is C18H22O2. The molecule has 0 saturated carbocycles. The van der Waals surface area contributed by atoms with Crippen molar-refractivity contribution in [3.8, 4) is 11.5 Å². The van der Waals surface area contributed by atoms with Crippen LogP contribution in [0.4, 0.5) is 0 Å². The van der Waals surface area contributed by atoms with Crippen LogP contribution in [0.15, 0.2) is 60.7 Å². The summed E-state index contributed by atoms with van der Waals surface area (Å²) >= 11 is 0. The lowest BCUT2D eigenvalue weighted by Gasteiger charge is -2.22. The maximum Gasteiger partial charge on any atom is 0.119 e. The van der Waals surface area contributed by atoms with Gasteiger partial charge in [0.15, 0.2) is 0 Å². The zero-order chi connectivity index (χ0) is 14.2. The largest absolute Gasteiger partial charge is 0.493 e. The molecule has 2 aromatic rings. The van der Waals surface area contributed by atoms with Crippen LogP contribution in [-0.4, -0.2) is 12.7 Å². The lowest BCUT2D eigenvalue weighted by molar-refractivity contribution is 0.120. The predicted octanol–water partition coefficient (Wildman–Crippen LogP) is 4.56. The third kappa shape index (κ3) is 4.61. The molecule has 0 aliphatic carbocycles. The summed E-state index contributed by atoms with van der Waals surface area (Å²) in [6, 6.07) is 19.9. The average molecular weight is 270 g/mol. The van der Waals surface area contributed by atoms with Crippen LogP contribution in [-0.2, 0) is 0 Å². The van der Waals surface area contributed by atoms with Crippen LogP contribution in [0.1, 0.15) is 20.3 Å². The molecule has 0 spiro atoms. The van der Waals surface area contributed by atoms with Gasteiger partial charge < -0.3 is 9.47 Å². The maximum absolute atomic E-state index is 6.03. The van der Waals surface area contributed by atoms with Crippen LogP contribution in [0.5, 0.6) is 11.5 Å². The predicted molar refractivity (Wildman–Crippen MR) is 82.3 cm³/mol. The molecule has 2 nitrogen and oxygen atoms in total. The Balaban J connectivity index is 1.84. The van der Waals surface area contributed by atoms with Crippen molar-refractivity contribution in [3.05, 3.63) is 60.7 Å². The number of benzene rings is 2. The fourth-order valence-corrected chi connectivity index (χ4v) is 2.01. The molecule has 2 heteroatoms. The Morgan fingerprint density at radius 2 is 1.35 bits per heavy atom. The van der Waals surface area contributed by atoms with Crippen molar-refractivity contribution in [1.82, 2.24) is 0 Å². The van der Waals surface area contributed by atoms with Crippen molar-refractivity contribution >= 4 is 0 Å². The van der Waals surface area contributed by atoms with Gasteiger partial charge in [0, 0.05) is 6.42 Å². The summed E-state index contributed by atoms with van der Waals surface area (Å²) in [6.45, 7) is 5.02. The minimum absolute atomic E-state index is 0.168. The summed E-state index contributed by atoms with van der Waals surface area (Å²) in [4.78, 5) is 0. The lowest BCUT2D eigenvalue weighted by atomic mass is 10.0. The molecule has 0 amide bonds. The van der Waals surface area contributed by atoms with E-state index in [1.54, 1.807) is 0 Å². The van der Waals surface area contributed by atoms with E-state index in [2.05, 4.69) is 13.8 Å². The second-order valence-electron chi connectivity index (χ2n) is 5.16. The first kappa shape index (κ1) is 14.4. The molecule has 0 aliphatic heterocycles. The minimum atomic E-state index is 0.168. The molecule has 2 aromatic carbocycles. The summed E-state index contributed by atoms with van der Waals surface area (Å²) in [5.74, 6) is 2.29. The van der Waals surface area contributed by atoms with Gasteiger partial charge in [-0.05, 0) is 30.2 Å². The highest BCUT2D eigenvalue weighted by Gasteiger charge is 2.15. The summed E-state index contributed by atoms with van der Waals surface area (Å²) < 4.78 is 11.8. The first-order chi connectivity index (χ1) is 9.75. The van der Waals surface area contributed by atoms with Crippen molar-refractivity contribution in [3.63, 3.8) is 0 Å². The normalized spacial score (nSPS) is 12.2. The van der Waals surface area contributed by atoms with Crippen molar-refractivity contribution < 1.29 is 9.47 Å². The highest BCUT2D eigenvalue weighted by atomic mass is 16.5. The summed E-state index contributed by atoms with van der Waals surface area (Å²) in [7, 11) is 0. The highest BCUT2D eigenvalue weighted by Crippen LogP contribution is 2.18. The van der Waals surface area contributed by atoms with Gasteiger partial charge in [0.1, 0.15) is 17.6 Å². The molecule has 0 bridgehead atoms. The molecule has 0 aromatic heterocycles. The van der Waals surface area contributed by atoms with Crippen molar-refractivity contribution in [2.75, 3.05) is 6.61 Å². The van der Waals surface area contributed by atoms with Gasteiger partial charge in [0.2, 0.25) is 0 Å². The first-order valence-corrected chi connectivity index (χ1v) is 7.15. The van der Waals surface area contributed by atoms with Crippen LogP contribution in [0.3, 0.4) is 0 Å². The van der Waals surface area contributed by atoms with E-state index < -0.39 is 0 Å². The van der Waals surface area contributed by atoms with E-state index in [-0.39, 0.29) is 6.10 Å². The summed E-state index contributed by atoms with van der Waals surface area (Å²) in [5, 5.41) is 0. The Morgan fingerprint density at radius 1 is 0.800 bits per heavy atom. The van der Waals surface area contributed by atoms with Gasteiger partial charge in [-0.1, -0.05) is 50.2 Å². The molecular weight excluding hydrogens is 248 g/mol. The number of para-hydroxylation sites is 2. The Bertz CT molecular complexity index is 479. The smallest absolute Gasteiger partial charge is 0.119 e. The molecule has 0 N–H and O–H groups in total. The summed E-state index contributed by atoms with van der Waals surface area (Å²) in [5.41, 5.74) is 0. The SMILES string of the molecule is CC(C)C(CCOc1ccccc1)Oc1ccccc1. The van der Waals surface area contributed by atoms with E-state index in [0.717, 1.165) is 17.9 Å². The number of ether oxygens (including phenoxy) is 2. The van der Waals surface area contributed by atoms with Gasteiger partial charge in [0.05, 0.1) is 6.61 Å². The van der Waals surface area contributed by atoms with Gasteiger partial charge in [0.25, 0.3) is 0 Å². The molecule has 0 saturated heterocycles.